The van der Waals surface area contributed by atoms with Crippen LogP contribution in [0.4, 0.5) is 0 Å². The molecule has 1 fully saturated rings. The molecule has 0 aromatic rings. The molecule has 1 saturated heterocycles. The predicted molar refractivity (Wildman–Crippen MR) is 61.2 cm³/mol. The molecule has 0 spiro atoms. The van der Waals surface area contributed by atoms with Crippen LogP contribution in [-0.4, -0.2) is 58.6 Å². The normalized spacial score (nSPS) is 32.7. The molecule has 0 aromatic heterocycles. The Kier molecular flexibility index (Phi) is 4.51. The van der Waals surface area contributed by atoms with Crippen LogP contribution in [0.15, 0.2) is 0 Å². The Labute approximate surface area is 99.8 Å². The maximum absolute atomic E-state index is 11.2. The van der Waals surface area contributed by atoms with Crippen LogP contribution in [0, 0.1) is 5.41 Å². The van der Waals surface area contributed by atoms with Crippen molar-refractivity contribution in [1.29, 1.82) is 0 Å². The predicted octanol–water partition coefficient (Wildman–Crippen LogP) is -2.40. The lowest BCUT2D eigenvalue weighted by Crippen LogP contribution is -2.62. The summed E-state index contributed by atoms with van der Waals surface area (Å²) in [6.45, 7) is 0.0721. The fourth-order valence-electron chi connectivity index (χ4n) is 2.36. The third-order valence-electron chi connectivity index (χ3n) is 3.62. The summed E-state index contributed by atoms with van der Waals surface area (Å²) < 4.78 is 0. The number of hydrogen-bond acceptors (Lipinski definition) is 6. The highest BCUT2D eigenvalue weighted by Gasteiger charge is 2.57. The first-order valence-electron chi connectivity index (χ1n) is 5.58. The highest BCUT2D eigenvalue weighted by molar-refractivity contribution is 6.40. The standard InChI is InChI=1S/C9H19BN2O5/c11-9(7(14)15)5-12-4-8(9,6-13)2-1-3-10(16)17/h12-13,16-17H,1-6,11H2,(H,14,15)/t8-,9-/m0/s1. The summed E-state index contributed by atoms with van der Waals surface area (Å²) in [5.74, 6) is -1.15. The van der Waals surface area contributed by atoms with Crippen molar-refractivity contribution in [3.8, 4) is 0 Å². The molecule has 8 heteroatoms. The number of carboxylic acid groups (broad SMARTS) is 1. The maximum Gasteiger partial charge on any atom is 0.451 e. The molecule has 1 rings (SSSR count). The summed E-state index contributed by atoms with van der Waals surface area (Å²) in [5, 5.41) is 39.0. The van der Waals surface area contributed by atoms with E-state index in [9.17, 15) is 15.0 Å². The van der Waals surface area contributed by atoms with E-state index in [2.05, 4.69) is 5.32 Å². The van der Waals surface area contributed by atoms with Gasteiger partial charge < -0.3 is 31.3 Å². The summed E-state index contributed by atoms with van der Waals surface area (Å²) in [6, 6.07) is 0. The van der Waals surface area contributed by atoms with Crippen molar-refractivity contribution in [1.82, 2.24) is 5.32 Å². The van der Waals surface area contributed by atoms with Gasteiger partial charge in [-0.05, 0) is 12.7 Å². The molecule has 98 valence electrons. The van der Waals surface area contributed by atoms with Crippen molar-refractivity contribution in [3.63, 3.8) is 0 Å². The first-order chi connectivity index (χ1) is 7.88. The number of nitrogens with one attached hydrogen (secondary N) is 1. The second-order valence-electron chi connectivity index (χ2n) is 4.69. The molecule has 0 saturated carbocycles. The topological polar surface area (TPSA) is 136 Å². The third kappa shape index (κ3) is 2.61. The van der Waals surface area contributed by atoms with Gasteiger partial charge in [0.25, 0.3) is 0 Å². The zero-order valence-electron chi connectivity index (χ0n) is 9.59. The van der Waals surface area contributed by atoms with Crippen LogP contribution in [0.2, 0.25) is 6.32 Å². The fourth-order valence-corrected chi connectivity index (χ4v) is 2.36. The number of hydrogen-bond donors (Lipinski definition) is 6. The largest absolute Gasteiger partial charge is 0.480 e. The van der Waals surface area contributed by atoms with E-state index in [1.807, 2.05) is 0 Å². The molecule has 0 aliphatic carbocycles. The molecule has 0 unspecified atom stereocenters. The Bertz CT molecular complexity index is 291. The number of aliphatic carboxylic acids is 1. The number of carbonyl (C=O) groups is 1. The highest BCUT2D eigenvalue weighted by atomic mass is 16.4. The van der Waals surface area contributed by atoms with Crippen LogP contribution in [0.1, 0.15) is 12.8 Å². The smallest absolute Gasteiger partial charge is 0.451 e. The summed E-state index contributed by atoms with van der Waals surface area (Å²) in [6.07, 6.45) is 0.862. The number of aliphatic hydroxyl groups is 1. The summed E-state index contributed by atoms with van der Waals surface area (Å²) >= 11 is 0. The number of nitrogens with two attached hydrogens (primary N) is 1. The van der Waals surface area contributed by atoms with E-state index in [0.717, 1.165) is 0 Å². The fraction of sp³-hybridized carbons (Fsp3) is 0.889. The highest BCUT2D eigenvalue weighted by Crippen LogP contribution is 2.38. The van der Waals surface area contributed by atoms with E-state index >= 15 is 0 Å². The van der Waals surface area contributed by atoms with Crippen LogP contribution in [-0.2, 0) is 4.79 Å². The minimum Gasteiger partial charge on any atom is -0.480 e. The van der Waals surface area contributed by atoms with Crippen LogP contribution >= 0.6 is 0 Å². The van der Waals surface area contributed by atoms with Crippen molar-refractivity contribution in [2.45, 2.75) is 24.7 Å². The van der Waals surface area contributed by atoms with Crippen LogP contribution < -0.4 is 11.1 Å². The summed E-state index contributed by atoms with van der Waals surface area (Å²) in [7, 11) is -1.42. The maximum atomic E-state index is 11.2. The Balaban J connectivity index is 2.76. The van der Waals surface area contributed by atoms with Crippen molar-refractivity contribution in [2.75, 3.05) is 19.7 Å². The lowest BCUT2D eigenvalue weighted by molar-refractivity contribution is -0.148. The Morgan fingerprint density at radius 2 is 2.06 bits per heavy atom. The van der Waals surface area contributed by atoms with E-state index in [1.54, 1.807) is 0 Å². The van der Waals surface area contributed by atoms with Crippen molar-refractivity contribution >= 4 is 13.1 Å². The van der Waals surface area contributed by atoms with Crippen LogP contribution in [0.3, 0.4) is 0 Å². The van der Waals surface area contributed by atoms with Crippen molar-refractivity contribution < 1.29 is 25.1 Å². The van der Waals surface area contributed by atoms with E-state index in [0.29, 0.717) is 19.4 Å². The number of rotatable bonds is 6. The minimum absolute atomic E-state index is 0.102. The molecule has 0 aromatic carbocycles. The van der Waals surface area contributed by atoms with Gasteiger partial charge in [0.05, 0.1) is 6.61 Å². The van der Waals surface area contributed by atoms with Gasteiger partial charge in [0, 0.05) is 18.5 Å². The monoisotopic (exact) mass is 246 g/mol. The quantitative estimate of drug-likeness (QED) is 0.287. The molecular formula is C9H19BN2O5. The molecule has 2 atom stereocenters. The molecular weight excluding hydrogens is 227 g/mol. The molecule has 17 heavy (non-hydrogen) atoms. The van der Waals surface area contributed by atoms with Gasteiger partial charge in [0.15, 0.2) is 0 Å². The van der Waals surface area contributed by atoms with Gasteiger partial charge in [-0.25, -0.2) is 0 Å². The van der Waals surface area contributed by atoms with Crippen LogP contribution in [0.5, 0.6) is 0 Å². The van der Waals surface area contributed by atoms with Gasteiger partial charge in [-0.3, -0.25) is 4.79 Å². The third-order valence-corrected chi connectivity index (χ3v) is 3.62. The average Bonchev–Trinajstić information content (AvgIpc) is 2.58. The molecule has 7 nitrogen and oxygen atoms in total. The molecule has 0 bridgehead atoms. The minimum atomic E-state index is -1.51. The number of carboxylic acids is 1. The Morgan fingerprint density at radius 3 is 2.53 bits per heavy atom. The van der Waals surface area contributed by atoms with E-state index in [-0.39, 0.29) is 19.5 Å². The van der Waals surface area contributed by atoms with Gasteiger partial charge in [0.1, 0.15) is 5.54 Å². The van der Waals surface area contributed by atoms with Gasteiger partial charge in [-0.1, -0.05) is 6.42 Å². The van der Waals surface area contributed by atoms with E-state index in [4.69, 9.17) is 15.8 Å². The zero-order chi connectivity index (χ0) is 13.1. The molecule has 0 amide bonds. The average molecular weight is 246 g/mol. The number of aliphatic hydroxyl groups excluding tert-OH is 1. The van der Waals surface area contributed by atoms with Gasteiger partial charge >= 0.3 is 13.1 Å². The first kappa shape index (κ1) is 14.4. The first-order valence-corrected chi connectivity index (χ1v) is 5.58. The van der Waals surface area contributed by atoms with Gasteiger partial charge in [0.2, 0.25) is 0 Å². The Morgan fingerprint density at radius 1 is 1.41 bits per heavy atom. The lowest BCUT2D eigenvalue weighted by Gasteiger charge is -2.38. The summed E-state index contributed by atoms with van der Waals surface area (Å²) in [4.78, 5) is 11.2. The molecule has 7 N–H and O–H groups in total. The molecule has 0 radical (unpaired) electrons. The van der Waals surface area contributed by atoms with Gasteiger partial charge in [-0.15, -0.1) is 0 Å². The molecule has 1 heterocycles. The lowest BCUT2D eigenvalue weighted by atomic mass is 9.68. The summed E-state index contributed by atoms with van der Waals surface area (Å²) in [5.41, 5.74) is 3.40. The van der Waals surface area contributed by atoms with Crippen molar-refractivity contribution in [3.05, 3.63) is 0 Å². The van der Waals surface area contributed by atoms with Crippen molar-refractivity contribution in [2.24, 2.45) is 11.1 Å². The SMILES string of the molecule is N[C@]1(C(=O)O)CNC[C@]1(CO)CCCB(O)O. The Hall–Kier alpha value is -0.665. The van der Waals surface area contributed by atoms with Crippen LogP contribution in [0.25, 0.3) is 0 Å². The van der Waals surface area contributed by atoms with E-state index in [1.165, 1.54) is 0 Å². The molecule has 1 aliphatic heterocycles. The second-order valence-corrected chi connectivity index (χ2v) is 4.69. The van der Waals surface area contributed by atoms with E-state index < -0.39 is 24.0 Å². The zero-order valence-corrected chi connectivity index (χ0v) is 9.59. The molecule has 1 aliphatic rings. The van der Waals surface area contributed by atoms with Gasteiger partial charge in [-0.2, -0.15) is 0 Å². The second kappa shape index (κ2) is 5.32.